The summed E-state index contributed by atoms with van der Waals surface area (Å²) in [6, 6.07) is 5.27. The van der Waals surface area contributed by atoms with Crippen LogP contribution in [0.4, 0.5) is 13.2 Å². The minimum atomic E-state index is -4.72. The molecule has 0 heterocycles. The van der Waals surface area contributed by atoms with Gasteiger partial charge in [0, 0.05) is 6.54 Å². The maximum absolute atomic E-state index is 12.1. The standard InChI is InChI=1S/C15H19F3N2O2/c1-14(9-19,11-4-5-11)20-13(21)8-10-2-6-12(7-3-10)22-15(16,17)18/h2-3,6-7,11H,4-5,8-9,19H2,1H3,(H,20,21). The first kappa shape index (κ1) is 16.6. The van der Waals surface area contributed by atoms with Crippen LogP contribution in [0.1, 0.15) is 25.3 Å². The maximum atomic E-state index is 12.1. The van der Waals surface area contributed by atoms with E-state index in [4.69, 9.17) is 5.73 Å². The van der Waals surface area contributed by atoms with E-state index in [1.54, 1.807) is 0 Å². The molecule has 1 aliphatic carbocycles. The van der Waals surface area contributed by atoms with Gasteiger partial charge in [0.2, 0.25) is 5.91 Å². The Bertz CT molecular complexity index is 527. The van der Waals surface area contributed by atoms with Crippen LogP contribution in [0.25, 0.3) is 0 Å². The van der Waals surface area contributed by atoms with Gasteiger partial charge in [-0.15, -0.1) is 13.2 Å². The van der Waals surface area contributed by atoms with E-state index in [0.29, 0.717) is 18.0 Å². The van der Waals surface area contributed by atoms with E-state index in [2.05, 4.69) is 10.1 Å². The van der Waals surface area contributed by atoms with Crippen LogP contribution in [0.2, 0.25) is 0 Å². The number of rotatable bonds is 6. The zero-order valence-electron chi connectivity index (χ0n) is 12.2. The number of ether oxygens (including phenoxy) is 1. The Morgan fingerprint density at radius 3 is 2.36 bits per heavy atom. The van der Waals surface area contributed by atoms with Gasteiger partial charge >= 0.3 is 6.36 Å². The molecule has 22 heavy (non-hydrogen) atoms. The molecule has 0 aliphatic heterocycles. The van der Waals surface area contributed by atoms with Gasteiger partial charge in [0.1, 0.15) is 5.75 Å². The lowest BCUT2D eigenvalue weighted by atomic mass is 9.95. The summed E-state index contributed by atoms with van der Waals surface area (Å²) in [5, 5.41) is 2.93. The van der Waals surface area contributed by atoms with Crippen LogP contribution in [0.5, 0.6) is 5.75 Å². The van der Waals surface area contributed by atoms with E-state index >= 15 is 0 Å². The fraction of sp³-hybridized carbons (Fsp3) is 0.533. The van der Waals surface area contributed by atoms with Gasteiger partial charge in [-0.3, -0.25) is 4.79 Å². The van der Waals surface area contributed by atoms with Gasteiger partial charge in [0.15, 0.2) is 0 Å². The highest BCUT2D eigenvalue weighted by atomic mass is 19.4. The van der Waals surface area contributed by atoms with Crippen LogP contribution < -0.4 is 15.8 Å². The van der Waals surface area contributed by atoms with Crippen molar-refractivity contribution in [3.05, 3.63) is 29.8 Å². The van der Waals surface area contributed by atoms with Crippen molar-refractivity contribution in [1.29, 1.82) is 0 Å². The number of hydrogen-bond donors (Lipinski definition) is 2. The Kier molecular flexibility index (Phi) is 4.65. The second-order valence-electron chi connectivity index (χ2n) is 5.81. The molecule has 0 spiro atoms. The molecule has 1 saturated carbocycles. The Hall–Kier alpha value is -1.76. The van der Waals surface area contributed by atoms with Gasteiger partial charge in [-0.05, 0) is 43.4 Å². The van der Waals surface area contributed by atoms with Crippen molar-refractivity contribution in [1.82, 2.24) is 5.32 Å². The summed E-state index contributed by atoms with van der Waals surface area (Å²) in [5.74, 6) is -0.0882. The van der Waals surface area contributed by atoms with E-state index in [0.717, 1.165) is 12.8 Å². The fourth-order valence-corrected chi connectivity index (χ4v) is 2.40. The second kappa shape index (κ2) is 6.16. The van der Waals surface area contributed by atoms with Gasteiger partial charge in [0.05, 0.1) is 12.0 Å². The molecule has 3 N–H and O–H groups in total. The first-order valence-electron chi connectivity index (χ1n) is 7.07. The predicted octanol–water partition coefficient (Wildman–Crippen LogP) is 2.37. The summed E-state index contributed by atoms with van der Waals surface area (Å²) >= 11 is 0. The molecule has 1 aliphatic rings. The number of nitrogens with one attached hydrogen (secondary N) is 1. The first-order chi connectivity index (χ1) is 10.2. The highest BCUT2D eigenvalue weighted by Crippen LogP contribution is 2.39. The average molecular weight is 316 g/mol. The molecule has 1 fully saturated rings. The monoisotopic (exact) mass is 316 g/mol. The Morgan fingerprint density at radius 2 is 1.91 bits per heavy atom. The van der Waals surface area contributed by atoms with E-state index in [-0.39, 0.29) is 18.1 Å². The minimum absolute atomic E-state index is 0.0919. The normalized spacial score (nSPS) is 17.7. The quantitative estimate of drug-likeness (QED) is 0.847. The topological polar surface area (TPSA) is 64.3 Å². The molecule has 1 unspecified atom stereocenters. The predicted molar refractivity (Wildman–Crippen MR) is 75.2 cm³/mol. The van der Waals surface area contributed by atoms with E-state index in [1.165, 1.54) is 24.3 Å². The number of benzene rings is 1. The van der Waals surface area contributed by atoms with Gasteiger partial charge in [-0.25, -0.2) is 0 Å². The lowest BCUT2D eigenvalue weighted by molar-refractivity contribution is -0.274. The number of carbonyl (C=O) groups is 1. The molecular weight excluding hydrogens is 297 g/mol. The van der Waals surface area contributed by atoms with Crippen molar-refractivity contribution in [3.63, 3.8) is 0 Å². The molecular formula is C15H19F3N2O2. The summed E-state index contributed by atoms with van der Waals surface area (Å²) in [6.45, 7) is 2.28. The zero-order chi connectivity index (χ0) is 16.4. The highest BCUT2D eigenvalue weighted by Gasteiger charge is 2.41. The lowest BCUT2D eigenvalue weighted by Gasteiger charge is -2.29. The highest BCUT2D eigenvalue weighted by molar-refractivity contribution is 5.79. The molecule has 1 amide bonds. The zero-order valence-corrected chi connectivity index (χ0v) is 12.2. The first-order valence-corrected chi connectivity index (χ1v) is 7.07. The molecule has 0 aromatic heterocycles. The third kappa shape index (κ3) is 4.62. The van der Waals surface area contributed by atoms with Crippen LogP contribution in [0.15, 0.2) is 24.3 Å². The van der Waals surface area contributed by atoms with Crippen molar-refractivity contribution in [2.45, 2.75) is 38.1 Å². The number of amides is 1. The van der Waals surface area contributed by atoms with Crippen LogP contribution in [0, 0.1) is 5.92 Å². The van der Waals surface area contributed by atoms with E-state index in [9.17, 15) is 18.0 Å². The third-order valence-electron chi connectivity index (χ3n) is 3.85. The van der Waals surface area contributed by atoms with Crippen molar-refractivity contribution < 1.29 is 22.7 Å². The number of halogens is 3. The van der Waals surface area contributed by atoms with Gasteiger partial charge in [0.25, 0.3) is 0 Å². The van der Waals surface area contributed by atoms with Crippen molar-refractivity contribution in [2.75, 3.05) is 6.54 Å². The molecule has 0 saturated heterocycles. The molecule has 2 rings (SSSR count). The summed E-state index contributed by atoms with van der Waals surface area (Å²) in [4.78, 5) is 12.1. The van der Waals surface area contributed by atoms with Gasteiger partial charge in [-0.1, -0.05) is 12.1 Å². The Balaban J connectivity index is 1.91. The summed E-state index contributed by atoms with van der Waals surface area (Å²) in [7, 11) is 0. The number of carbonyl (C=O) groups excluding carboxylic acids is 1. The Morgan fingerprint density at radius 1 is 1.32 bits per heavy atom. The van der Waals surface area contributed by atoms with Crippen molar-refractivity contribution in [3.8, 4) is 5.75 Å². The van der Waals surface area contributed by atoms with Crippen LogP contribution in [0.3, 0.4) is 0 Å². The largest absolute Gasteiger partial charge is 0.573 e. The van der Waals surface area contributed by atoms with E-state index in [1.807, 2.05) is 6.92 Å². The molecule has 0 radical (unpaired) electrons. The maximum Gasteiger partial charge on any atom is 0.573 e. The van der Waals surface area contributed by atoms with Gasteiger partial charge in [-0.2, -0.15) is 0 Å². The molecule has 1 aromatic carbocycles. The SMILES string of the molecule is CC(CN)(NC(=O)Cc1ccc(OC(F)(F)F)cc1)C1CC1. The number of alkyl halides is 3. The smallest absolute Gasteiger partial charge is 0.406 e. The molecule has 0 bridgehead atoms. The summed E-state index contributed by atoms with van der Waals surface area (Å²) in [5.41, 5.74) is 5.94. The molecule has 1 aromatic rings. The number of hydrogen-bond acceptors (Lipinski definition) is 3. The van der Waals surface area contributed by atoms with Crippen molar-refractivity contribution >= 4 is 5.91 Å². The molecule has 4 nitrogen and oxygen atoms in total. The average Bonchev–Trinajstić information content (AvgIpc) is 3.24. The van der Waals surface area contributed by atoms with Crippen LogP contribution in [-0.2, 0) is 11.2 Å². The van der Waals surface area contributed by atoms with Gasteiger partial charge < -0.3 is 15.8 Å². The molecule has 122 valence electrons. The van der Waals surface area contributed by atoms with Crippen LogP contribution in [-0.4, -0.2) is 24.4 Å². The molecule has 1 atom stereocenters. The number of nitrogens with two attached hydrogens (primary N) is 1. The third-order valence-corrected chi connectivity index (χ3v) is 3.85. The second-order valence-corrected chi connectivity index (χ2v) is 5.81. The van der Waals surface area contributed by atoms with E-state index < -0.39 is 11.9 Å². The van der Waals surface area contributed by atoms with Crippen LogP contribution >= 0.6 is 0 Å². The summed E-state index contributed by atoms with van der Waals surface area (Å²) in [6.07, 6.45) is -2.52. The Labute approximate surface area is 126 Å². The van der Waals surface area contributed by atoms with Crippen molar-refractivity contribution in [2.24, 2.45) is 11.7 Å². The minimum Gasteiger partial charge on any atom is -0.406 e. The fourth-order valence-electron chi connectivity index (χ4n) is 2.40. The summed E-state index contributed by atoms with van der Waals surface area (Å²) < 4.78 is 40.0. The lowest BCUT2D eigenvalue weighted by Crippen LogP contribution is -2.53. The molecule has 7 heteroatoms.